The lowest BCUT2D eigenvalue weighted by Crippen LogP contribution is -2.73. The van der Waals surface area contributed by atoms with Crippen molar-refractivity contribution < 1.29 is 38.1 Å². The van der Waals surface area contributed by atoms with Crippen LogP contribution < -0.4 is 0 Å². The molecule has 1 aromatic rings. The summed E-state index contributed by atoms with van der Waals surface area (Å²) >= 11 is 0. The zero-order chi connectivity index (χ0) is 20.6. The van der Waals surface area contributed by atoms with E-state index in [9.17, 15) is 19.5 Å². The number of carbonyl (C=O) groups is 3. The first-order valence-electron chi connectivity index (χ1n) is 10.0. The Balaban J connectivity index is 1.62. The van der Waals surface area contributed by atoms with E-state index >= 15 is 0 Å². The van der Waals surface area contributed by atoms with E-state index in [1.165, 1.54) is 19.6 Å². The Labute approximate surface area is 167 Å². The van der Waals surface area contributed by atoms with Crippen molar-refractivity contribution >= 4 is 17.9 Å². The molecule has 0 radical (unpaired) electrons. The van der Waals surface area contributed by atoms with E-state index in [4.69, 9.17) is 18.6 Å². The van der Waals surface area contributed by atoms with Gasteiger partial charge >= 0.3 is 17.9 Å². The van der Waals surface area contributed by atoms with Crippen LogP contribution in [0.4, 0.5) is 0 Å². The normalized spacial score (nSPS) is 45.6. The molecule has 1 N–H and O–H groups in total. The summed E-state index contributed by atoms with van der Waals surface area (Å²) in [4.78, 5) is 38.7. The van der Waals surface area contributed by atoms with Crippen LogP contribution in [0, 0.1) is 22.7 Å². The largest absolute Gasteiger partial charge is 0.472 e. The highest BCUT2D eigenvalue weighted by molar-refractivity contribution is 5.90. The maximum absolute atomic E-state index is 13.1. The van der Waals surface area contributed by atoms with E-state index < -0.39 is 58.4 Å². The van der Waals surface area contributed by atoms with Crippen LogP contribution in [-0.4, -0.2) is 41.8 Å². The van der Waals surface area contributed by atoms with Crippen LogP contribution in [0.2, 0.25) is 0 Å². The Morgan fingerprint density at radius 3 is 2.69 bits per heavy atom. The SMILES string of the molecule is COC(=O)C1CC2CC3C1(CCC1(O)C(=O)OC(c4ccoc4)CC31C)C(=O)O2. The summed E-state index contributed by atoms with van der Waals surface area (Å²) in [7, 11) is 1.31. The third-order valence-electron chi connectivity index (χ3n) is 8.11. The van der Waals surface area contributed by atoms with Gasteiger partial charge in [0.1, 0.15) is 12.2 Å². The highest BCUT2D eigenvalue weighted by Crippen LogP contribution is 2.69. The fourth-order valence-corrected chi connectivity index (χ4v) is 6.56. The molecule has 5 aliphatic rings. The van der Waals surface area contributed by atoms with Gasteiger partial charge in [-0.15, -0.1) is 0 Å². The van der Waals surface area contributed by atoms with E-state index in [0.717, 1.165) is 0 Å². The minimum atomic E-state index is -1.72. The molecule has 8 nitrogen and oxygen atoms in total. The van der Waals surface area contributed by atoms with Crippen molar-refractivity contribution in [2.75, 3.05) is 7.11 Å². The zero-order valence-electron chi connectivity index (χ0n) is 16.4. The van der Waals surface area contributed by atoms with Crippen molar-refractivity contribution in [3.8, 4) is 0 Å². The molecule has 0 amide bonds. The highest BCUT2D eigenvalue weighted by atomic mass is 16.6. The monoisotopic (exact) mass is 404 g/mol. The number of cyclic esters (lactones) is 1. The number of esters is 3. The van der Waals surface area contributed by atoms with Gasteiger partial charge in [0.05, 0.1) is 31.0 Å². The summed E-state index contributed by atoms with van der Waals surface area (Å²) in [6.45, 7) is 1.84. The third-order valence-corrected chi connectivity index (χ3v) is 8.11. The molecule has 5 fully saturated rings. The van der Waals surface area contributed by atoms with Crippen LogP contribution in [0.15, 0.2) is 23.0 Å². The summed E-state index contributed by atoms with van der Waals surface area (Å²) < 4.78 is 21.3. The van der Waals surface area contributed by atoms with E-state index in [1.807, 2.05) is 6.92 Å². The van der Waals surface area contributed by atoms with E-state index in [1.54, 1.807) is 6.07 Å². The fourth-order valence-electron chi connectivity index (χ4n) is 6.56. The Morgan fingerprint density at radius 1 is 1.21 bits per heavy atom. The van der Waals surface area contributed by atoms with Crippen LogP contribution in [0.5, 0.6) is 0 Å². The van der Waals surface area contributed by atoms with Crippen LogP contribution in [-0.2, 0) is 28.6 Å². The van der Waals surface area contributed by atoms with Gasteiger partial charge in [-0.25, -0.2) is 4.79 Å². The molecule has 4 heterocycles. The summed E-state index contributed by atoms with van der Waals surface area (Å²) in [5.41, 5.74) is -3.08. The number of rotatable bonds is 2. The third kappa shape index (κ3) is 2.15. The Bertz CT molecular complexity index is 877. The van der Waals surface area contributed by atoms with Crippen LogP contribution in [0.1, 0.15) is 50.7 Å². The molecule has 1 aromatic heterocycles. The number of carbonyl (C=O) groups excluding carboxylic acids is 3. The summed E-state index contributed by atoms with van der Waals surface area (Å²) in [6, 6.07) is 1.73. The summed E-state index contributed by atoms with van der Waals surface area (Å²) in [6.07, 6.45) is 3.46. The van der Waals surface area contributed by atoms with E-state index in [-0.39, 0.29) is 12.8 Å². The zero-order valence-corrected chi connectivity index (χ0v) is 16.4. The number of methoxy groups -OCH3 is 1. The van der Waals surface area contributed by atoms with Gasteiger partial charge in [0.2, 0.25) is 0 Å². The van der Waals surface area contributed by atoms with E-state index in [2.05, 4.69) is 0 Å². The van der Waals surface area contributed by atoms with Gasteiger partial charge < -0.3 is 23.7 Å². The Kier molecular flexibility index (Phi) is 3.76. The number of hydrogen-bond donors (Lipinski definition) is 1. The smallest absolute Gasteiger partial charge is 0.339 e. The molecule has 2 aliphatic carbocycles. The summed E-state index contributed by atoms with van der Waals surface area (Å²) in [5.74, 6) is -2.57. The minimum absolute atomic E-state index is 0.0319. The average Bonchev–Trinajstić information content (AvgIpc) is 3.24. The molecule has 156 valence electrons. The van der Waals surface area contributed by atoms with Crippen LogP contribution in [0.25, 0.3) is 0 Å². The number of hydrogen-bond acceptors (Lipinski definition) is 8. The second-order valence-corrected chi connectivity index (χ2v) is 9.10. The number of aliphatic hydroxyl groups is 1. The van der Waals surface area contributed by atoms with Gasteiger partial charge in [0.15, 0.2) is 5.60 Å². The van der Waals surface area contributed by atoms with Crippen molar-refractivity contribution in [1.29, 1.82) is 0 Å². The van der Waals surface area contributed by atoms with Gasteiger partial charge in [0, 0.05) is 11.0 Å². The van der Waals surface area contributed by atoms with Gasteiger partial charge in [-0.2, -0.15) is 0 Å². The quantitative estimate of drug-likeness (QED) is 0.588. The Morgan fingerprint density at radius 2 is 2.00 bits per heavy atom. The predicted molar refractivity (Wildman–Crippen MR) is 95.0 cm³/mol. The first-order chi connectivity index (χ1) is 13.8. The first-order valence-corrected chi connectivity index (χ1v) is 10.0. The molecule has 3 saturated heterocycles. The molecule has 7 atom stereocenters. The molecule has 6 rings (SSSR count). The number of fused-ring (bicyclic) bond motifs is 3. The van der Waals surface area contributed by atoms with Crippen molar-refractivity contribution in [1.82, 2.24) is 0 Å². The predicted octanol–water partition coefficient (Wildman–Crippen LogP) is 1.91. The topological polar surface area (TPSA) is 112 Å². The molecule has 3 aliphatic heterocycles. The van der Waals surface area contributed by atoms with Crippen molar-refractivity contribution in [3.63, 3.8) is 0 Å². The standard InChI is InChI=1S/C21H24O8/c1-19-9-14(11-3-6-27-10-11)29-18(24)21(19,25)5-4-20-13(16(22)26-2)7-12(8-15(19)20)28-17(20)23/h3,6,10,12-15,25H,4-5,7-9H2,1-2H3. The average molecular weight is 404 g/mol. The van der Waals surface area contributed by atoms with Gasteiger partial charge in [-0.1, -0.05) is 6.92 Å². The molecule has 0 aromatic carbocycles. The van der Waals surface area contributed by atoms with Gasteiger partial charge in [-0.3, -0.25) is 9.59 Å². The van der Waals surface area contributed by atoms with Crippen LogP contribution >= 0.6 is 0 Å². The molecule has 2 bridgehead atoms. The summed E-state index contributed by atoms with van der Waals surface area (Å²) in [5, 5.41) is 11.5. The minimum Gasteiger partial charge on any atom is -0.472 e. The van der Waals surface area contributed by atoms with Crippen LogP contribution in [0.3, 0.4) is 0 Å². The van der Waals surface area contributed by atoms with Crippen molar-refractivity contribution in [3.05, 3.63) is 24.2 Å². The van der Waals surface area contributed by atoms with E-state index in [0.29, 0.717) is 24.8 Å². The van der Waals surface area contributed by atoms with Crippen molar-refractivity contribution in [2.45, 2.75) is 56.8 Å². The first kappa shape index (κ1) is 18.7. The molecular weight excluding hydrogens is 380 g/mol. The molecule has 8 heteroatoms. The fraction of sp³-hybridized carbons (Fsp3) is 0.667. The van der Waals surface area contributed by atoms with Gasteiger partial charge in [0.25, 0.3) is 0 Å². The highest BCUT2D eigenvalue weighted by Gasteiger charge is 2.76. The maximum atomic E-state index is 13.1. The second kappa shape index (κ2) is 5.84. The lowest BCUT2D eigenvalue weighted by atomic mass is 9.40. The molecule has 2 saturated carbocycles. The lowest BCUT2D eigenvalue weighted by molar-refractivity contribution is -0.280. The maximum Gasteiger partial charge on any atom is 0.339 e. The Hall–Kier alpha value is -2.35. The van der Waals surface area contributed by atoms with Crippen molar-refractivity contribution in [2.24, 2.45) is 22.7 Å². The van der Waals surface area contributed by atoms with Gasteiger partial charge in [-0.05, 0) is 44.1 Å². The second-order valence-electron chi connectivity index (χ2n) is 9.10. The number of ether oxygens (including phenoxy) is 3. The molecular formula is C21H24O8. The molecule has 29 heavy (non-hydrogen) atoms. The molecule has 1 spiro atoms. The molecule has 7 unspecified atom stereocenters. The lowest BCUT2D eigenvalue weighted by Gasteiger charge is -2.66. The number of furan rings is 1.